The monoisotopic (exact) mass is 454 g/mol. The van der Waals surface area contributed by atoms with Crippen LogP contribution in [0.4, 0.5) is 5.13 Å². The highest BCUT2D eigenvalue weighted by Gasteiger charge is 2.27. The van der Waals surface area contributed by atoms with Gasteiger partial charge in [-0.15, -0.1) is 11.3 Å². The number of esters is 2. The first kappa shape index (κ1) is 23.5. The first-order valence-corrected chi connectivity index (χ1v) is 11.5. The van der Waals surface area contributed by atoms with E-state index in [4.69, 9.17) is 9.47 Å². The molecule has 30 heavy (non-hydrogen) atoms. The van der Waals surface area contributed by atoms with Crippen LogP contribution in [0.5, 0.6) is 11.5 Å². The normalized spacial score (nSPS) is 11.2. The quantitative estimate of drug-likeness (QED) is 0.475. The molecule has 0 fully saturated rings. The van der Waals surface area contributed by atoms with E-state index in [0.29, 0.717) is 12.8 Å². The Hall–Kier alpha value is -2.79. The van der Waals surface area contributed by atoms with Crippen LogP contribution < -0.4 is 14.8 Å². The smallest absolute Gasteiger partial charge is 0.308 e. The third-order valence-electron chi connectivity index (χ3n) is 4.06. The zero-order valence-electron chi connectivity index (χ0n) is 16.9. The maximum Gasteiger partial charge on any atom is 0.308 e. The van der Waals surface area contributed by atoms with Gasteiger partial charge in [-0.2, -0.15) is 0 Å². The van der Waals surface area contributed by atoms with Gasteiger partial charge >= 0.3 is 11.9 Å². The lowest BCUT2D eigenvalue weighted by Gasteiger charge is -2.11. The highest BCUT2D eigenvalue weighted by molar-refractivity contribution is 7.92. The van der Waals surface area contributed by atoms with Gasteiger partial charge in [-0.1, -0.05) is 13.8 Å². The van der Waals surface area contributed by atoms with Gasteiger partial charge in [0.05, 0.1) is 10.8 Å². The maximum absolute atomic E-state index is 12.7. The minimum absolute atomic E-state index is 0.0441. The number of nitrogens with one attached hydrogen (secondary N) is 1. The molecule has 2 aromatic rings. The van der Waals surface area contributed by atoms with Gasteiger partial charge in [0, 0.05) is 19.2 Å². The topological polar surface area (TPSA) is 129 Å². The van der Waals surface area contributed by atoms with E-state index in [0.717, 1.165) is 11.3 Å². The van der Waals surface area contributed by atoms with Crippen molar-refractivity contribution in [2.75, 3.05) is 5.32 Å². The summed E-state index contributed by atoms with van der Waals surface area (Å²) < 4.78 is 35.2. The fourth-order valence-electron chi connectivity index (χ4n) is 2.67. The average Bonchev–Trinajstić information content (AvgIpc) is 3.12. The summed E-state index contributed by atoms with van der Waals surface area (Å²) in [4.78, 5) is 39.3. The molecule has 1 aromatic carbocycles. The number of hydrogen-bond donors (Lipinski definition) is 1. The van der Waals surface area contributed by atoms with Crippen LogP contribution in [-0.2, 0) is 19.4 Å². The number of anilines is 1. The zero-order valence-corrected chi connectivity index (χ0v) is 18.6. The molecule has 0 atom stereocenters. The molecule has 1 N–H and O–H groups in total. The Bertz CT molecular complexity index is 1060. The summed E-state index contributed by atoms with van der Waals surface area (Å²) >= 11 is 0.957. The van der Waals surface area contributed by atoms with Crippen LogP contribution >= 0.6 is 11.3 Å². The highest BCUT2D eigenvalue weighted by Crippen LogP contribution is 2.28. The van der Waals surface area contributed by atoms with E-state index in [-0.39, 0.29) is 27.2 Å². The molecule has 0 bridgehead atoms. The lowest BCUT2D eigenvalue weighted by molar-refractivity contribution is -0.133. The number of thiazole rings is 1. The lowest BCUT2D eigenvalue weighted by Crippen LogP contribution is -2.20. The van der Waals surface area contributed by atoms with E-state index in [1.165, 1.54) is 37.4 Å². The number of ether oxygens (including phenoxy) is 2. The van der Waals surface area contributed by atoms with Crippen molar-refractivity contribution in [3.63, 3.8) is 0 Å². The molecule has 1 aromatic heterocycles. The van der Waals surface area contributed by atoms with Gasteiger partial charge in [0.2, 0.25) is 0 Å². The number of aromatic nitrogens is 1. The van der Waals surface area contributed by atoms with Crippen molar-refractivity contribution < 1.29 is 32.3 Å². The van der Waals surface area contributed by atoms with E-state index >= 15 is 0 Å². The fourth-order valence-corrected chi connectivity index (χ4v) is 5.41. The van der Waals surface area contributed by atoms with Gasteiger partial charge in [0.25, 0.3) is 5.91 Å². The second-order valence-corrected chi connectivity index (χ2v) is 9.31. The summed E-state index contributed by atoms with van der Waals surface area (Å²) in [5.41, 5.74) is -0.0800. The standard InChI is InChI=1S/C19H22N2O7S2/c1-5-14(6-2)30(25,26)17-10-29-19(20-17)21-18(24)15-9-13(27-11(3)22)7-8-16(15)28-12(4)23/h7-10,14H,5-6H2,1-4H3,(H,20,21,24). The molecule has 1 heterocycles. The number of sulfone groups is 1. The Balaban J connectivity index is 2.32. The lowest BCUT2D eigenvalue weighted by atomic mass is 10.1. The number of rotatable bonds is 8. The molecular weight excluding hydrogens is 432 g/mol. The van der Waals surface area contributed by atoms with Crippen molar-refractivity contribution >= 4 is 44.2 Å². The van der Waals surface area contributed by atoms with Crippen LogP contribution in [0.3, 0.4) is 0 Å². The third-order valence-corrected chi connectivity index (χ3v) is 7.30. The number of carbonyl (C=O) groups is 3. The molecule has 0 unspecified atom stereocenters. The van der Waals surface area contributed by atoms with E-state index in [9.17, 15) is 22.8 Å². The minimum Gasteiger partial charge on any atom is -0.427 e. The van der Waals surface area contributed by atoms with Gasteiger partial charge in [0.15, 0.2) is 20.0 Å². The van der Waals surface area contributed by atoms with Crippen molar-refractivity contribution in [3.8, 4) is 11.5 Å². The number of benzene rings is 1. The van der Waals surface area contributed by atoms with Crippen LogP contribution in [0.2, 0.25) is 0 Å². The molecule has 11 heteroatoms. The molecular formula is C19H22N2O7S2. The molecule has 0 saturated heterocycles. The first-order chi connectivity index (χ1) is 14.1. The predicted octanol–water partition coefficient (Wildman–Crippen LogP) is 3.21. The fraction of sp³-hybridized carbons (Fsp3) is 0.368. The van der Waals surface area contributed by atoms with Gasteiger partial charge in [-0.05, 0) is 31.0 Å². The van der Waals surface area contributed by atoms with Crippen molar-refractivity contribution in [2.45, 2.75) is 50.8 Å². The molecule has 2 rings (SSSR count). The number of amides is 1. The van der Waals surface area contributed by atoms with Gasteiger partial charge < -0.3 is 9.47 Å². The van der Waals surface area contributed by atoms with Crippen LogP contribution in [0, 0.1) is 0 Å². The number of carbonyl (C=O) groups excluding carboxylic acids is 3. The molecule has 0 saturated carbocycles. The van der Waals surface area contributed by atoms with E-state index in [1.807, 2.05) is 0 Å². The van der Waals surface area contributed by atoms with E-state index < -0.39 is 32.9 Å². The van der Waals surface area contributed by atoms with Crippen LogP contribution in [0.25, 0.3) is 0 Å². The number of nitrogens with zero attached hydrogens (tertiary/aromatic N) is 1. The molecule has 162 valence electrons. The summed E-state index contributed by atoms with van der Waals surface area (Å²) in [6, 6.07) is 3.93. The molecule has 9 nitrogen and oxygen atoms in total. The summed E-state index contributed by atoms with van der Waals surface area (Å²) in [5, 5.41) is 3.26. The Morgan fingerprint density at radius 2 is 1.73 bits per heavy atom. The predicted molar refractivity (Wildman–Crippen MR) is 111 cm³/mol. The average molecular weight is 455 g/mol. The minimum atomic E-state index is -3.60. The largest absolute Gasteiger partial charge is 0.427 e. The summed E-state index contributed by atoms with van der Waals surface area (Å²) in [6.07, 6.45) is 0.902. The Kier molecular flexibility index (Phi) is 7.68. The van der Waals surface area contributed by atoms with Crippen molar-refractivity contribution in [2.24, 2.45) is 0 Å². The number of hydrogen-bond acceptors (Lipinski definition) is 9. The van der Waals surface area contributed by atoms with Crippen molar-refractivity contribution in [1.82, 2.24) is 4.98 Å². The summed E-state index contributed by atoms with van der Waals surface area (Å²) in [5.74, 6) is -1.90. The second-order valence-electron chi connectivity index (χ2n) is 6.27. The van der Waals surface area contributed by atoms with E-state index in [2.05, 4.69) is 10.3 Å². The summed E-state index contributed by atoms with van der Waals surface area (Å²) in [6.45, 7) is 5.95. The zero-order chi connectivity index (χ0) is 22.5. The Labute approximate surface area is 178 Å². The Morgan fingerprint density at radius 1 is 1.10 bits per heavy atom. The highest BCUT2D eigenvalue weighted by atomic mass is 32.2. The molecule has 0 radical (unpaired) electrons. The molecule has 1 amide bonds. The SMILES string of the molecule is CCC(CC)S(=O)(=O)c1csc(NC(=O)c2cc(OC(C)=O)ccc2OC(C)=O)n1. The summed E-state index contributed by atoms with van der Waals surface area (Å²) in [7, 11) is -3.60. The first-order valence-electron chi connectivity index (χ1n) is 9.10. The molecule has 0 aliphatic rings. The third kappa shape index (κ3) is 5.63. The molecule has 0 aliphatic carbocycles. The van der Waals surface area contributed by atoms with E-state index in [1.54, 1.807) is 13.8 Å². The van der Waals surface area contributed by atoms with Crippen LogP contribution in [0.1, 0.15) is 50.9 Å². The van der Waals surface area contributed by atoms with Gasteiger partial charge in [-0.3, -0.25) is 19.7 Å². The van der Waals surface area contributed by atoms with Crippen molar-refractivity contribution in [1.29, 1.82) is 0 Å². The van der Waals surface area contributed by atoms with Crippen LogP contribution in [0.15, 0.2) is 28.6 Å². The second kappa shape index (κ2) is 9.81. The van der Waals surface area contributed by atoms with Gasteiger partial charge in [-0.25, -0.2) is 13.4 Å². The van der Waals surface area contributed by atoms with Gasteiger partial charge in [0.1, 0.15) is 11.5 Å². The van der Waals surface area contributed by atoms with Crippen LogP contribution in [-0.4, -0.2) is 36.5 Å². The maximum atomic E-state index is 12.7. The Morgan fingerprint density at radius 3 is 2.30 bits per heavy atom. The molecule has 0 spiro atoms. The van der Waals surface area contributed by atoms with Crippen molar-refractivity contribution in [3.05, 3.63) is 29.1 Å². The molecule has 0 aliphatic heterocycles.